The summed E-state index contributed by atoms with van der Waals surface area (Å²) < 4.78 is 7.43. The molecular formula is C22H29N5O3. The highest BCUT2D eigenvalue weighted by molar-refractivity contribution is 6.01. The first-order valence-corrected chi connectivity index (χ1v) is 10.8. The number of pyridine rings is 1. The van der Waals surface area contributed by atoms with Crippen LogP contribution in [0, 0.1) is 5.92 Å². The maximum Gasteiger partial charge on any atom is 0.255 e. The molecule has 2 N–H and O–H groups in total. The third kappa shape index (κ3) is 3.01. The predicted octanol–water partition coefficient (Wildman–Crippen LogP) is 2.00. The number of anilines is 1. The summed E-state index contributed by atoms with van der Waals surface area (Å²) in [6, 6.07) is 1.98. The van der Waals surface area contributed by atoms with Gasteiger partial charge in [-0.1, -0.05) is 6.92 Å². The Hall–Kier alpha value is -2.45. The molecule has 5 heterocycles. The first-order valence-electron chi connectivity index (χ1n) is 10.8. The van der Waals surface area contributed by atoms with Crippen molar-refractivity contribution in [3.05, 3.63) is 35.5 Å². The molecule has 1 amide bonds. The molecule has 0 bridgehead atoms. The molecule has 2 aromatic rings. The van der Waals surface area contributed by atoms with Gasteiger partial charge in [-0.2, -0.15) is 0 Å². The molecule has 8 heteroatoms. The van der Waals surface area contributed by atoms with Gasteiger partial charge in [-0.15, -0.1) is 0 Å². The minimum absolute atomic E-state index is 0.0679. The van der Waals surface area contributed by atoms with E-state index in [4.69, 9.17) is 9.72 Å². The van der Waals surface area contributed by atoms with Gasteiger partial charge in [0.15, 0.2) is 0 Å². The molecule has 5 rings (SSSR count). The summed E-state index contributed by atoms with van der Waals surface area (Å²) in [5.41, 5.74) is 2.85. The Kier molecular flexibility index (Phi) is 4.78. The van der Waals surface area contributed by atoms with Gasteiger partial charge >= 0.3 is 0 Å². The number of carbonyl (C=O) groups excluding carboxylic acids is 1. The van der Waals surface area contributed by atoms with Crippen LogP contribution in [0.25, 0.3) is 5.69 Å². The van der Waals surface area contributed by atoms with Gasteiger partial charge < -0.3 is 24.6 Å². The highest BCUT2D eigenvalue weighted by atomic mass is 16.5. The van der Waals surface area contributed by atoms with E-state index in [1.807, 2.05) is 16.8 Å². The molecule has 3 aliphatic heterocycles. The van der Waals surface area contributed by atoms with E-state index in [0.717, 1.165) is 61.9 Å². The molecule has 2 atom stereocenters. The molecular weight excluding hydrogens is 382 g/mol. The highest BCUT2D eigenvalue weighted by Crippen LogP contribution is 2.39. The van der Waals surface area contributed by atoms with Gasteiger partial charge in [-0.25, -0.2) is 9.97 Å². The Balaban J connectivity index is 1.57. The number of carbonyl (C=O) groups is 1. The number of aliphatic hydroxyl groups is 1. The van der Waals surface area contributed by atoms with E-state index in [-0.39, 0.29) is 18.1 Å². The quantitative estimate of drug-likeness (QED) is 0.800. The van der Waals surface area contributed by atoms with Crippen molar-refractivity contribution in [2.24, 2.45) is 5.92 Å². The smallest absolute Gasteiger partial charge is 0.255 e. The fraction of sp³-hybridized carbons (Fsp3) is 0.591. The summed E-state index contributed by atoms with van der Waals surface area (Å²) in [5.74, 6) is 1.46. The number of imidazole rings is 1. The zero-order valence-electron chi connectivity index (χ0n) is 17.6. The van der Waals surface area contributed by atoms with Gasteiger partial charge in [0.25, 0.3) is 5.91 Å². The predicted molar refractivity (Wildman–Crippen MR) is 112 cm³/mol. The Bertz CT molecular complexity index is 968. The van der Waals surface area contributed by atoms with E-state index in [0.29, 0.717) is 23.9 Å². The van der Waals surface area contributed by atoms with Crippen LogP contribution in [0.2, 0.25) is 0 Å². The van der Waals surface area contributed by atoms with Crippen molar-refractivity contribution < 1.29 is 14.6 Å². The number of fused-ring (bicyclic) bond motifs is 1. The molecule has 160 valence electrons. The monoisotopic (exact) mass is 411 g/mol. The van der Waals surface area contributed by atoms with Crippen LogP contribution in [-0.2, 0) is 11.3 Å². The second-order valence-electron chi connectivity index (χ2n) is 8.95. The fourth-order valence-corrected chi connectivity index (χ4v) is 4.98. The van der Waals surface area contributed by atoms with Crippen LogP contribution in [0.5, 0.6) is 0 Å². The average Bonchev–Trinajstić information content (AvgIpc) is 3.47. The van der Waals surface area contributed by atoms with Crippen molar-refractivity contribution in [3.8, 4) is 5.69 Å². The molecule has 8 nitrogen and oxygen atoms in total. The van der Waals surface area contributed by atoms with Gasteiger partial charge in [-0.3, -0.25) is 4.79 Å². The Morgan fingerprint density at radius 2 is 2.13 bits per heavy atom. The van der Waals surface area contributed by atoms with Crippen molar-refractivity contribution in [2.45, 2.75) is 51.1 Å². The van der Waals surface area contributed by atoms with Gasteiger partial charge in [0.05, 0.1) is 47.7 Å². The topological polar surface area (TPSA) is 92.5 Å². The number of hydrogen-bond donors (Lipinski definition) is 2. The molecule has 2 aromatic heterocycles. The minimum atomic E-state index is -0.364. The second kappa shape index (κ2) is 7.35. The molecule has 0 saturated carbocycles. The fourth-order valence-electron chi connectivity index (χ4n) is 4.98. The van der Waals surface area contributed by atoms with E-state index >= 15 is 0 Å². The van der Waals surface area contributed by atoms with E-state index in [1.165, 1.54) is 0 Å². The van der Waals surface area contributed by atoms with E-state index < -0.39 is 0 Å². The van der Waals surface area contributed by atoms with Gasteiger partial charge in [-0.05, 0) is 32.1 Å². The van der Waals surface area contributed by atoms with E-state index in [1.54, 1.807) is 6.33 Å². The molecule has 2 saturated heterocycles. The first kappa shape index (κ1) is 19.5. The summed E-state index contributed by atoms with van der Waals surface area (Å²) in [6.45, 7) is 7.12. The number of ether oxygens (including phenoxy) is 1. The van der Waals surface area contributed by atoms with Crippen molar-refractivity contribution in [3.63, 3.8) is 0 Å². The number of amides is 1. The lowest BCUT2D eigenvalue weighted by Gasteiger charge is -2.38. The zero-order chi connectivity index (χ0) is 20.9. The third-order valence-corrected chi connectivity index (χ3v) is 7.28. The Morgan fingerprint density at radius 3 is 2.90 bits per heavy atom. The number of hydrogen-bond acceptors (Lipinski definition) is 6. The summed E-state index contributed by atoms with van der Waals surface area (Å²) in [5, 5.41) is 13.0. The van der Waals surface area contributed by atoms with Gasteiger partial charge in [0.1, 0.15) is 5.82 Å². The van der Waals surface area contributed by atoms with Crippen LogP contribution in [0.3, 0.4) is 0 Å². The lowest BCUT2D eigenvalue weighted by molar-refractivity contribution is 0.0846. The highest BCUT2D eigenvalue weighted by Gasteiger charge is 2.43. The molecule has 0 spiro atoms. The van der Waals surface area contributed by atoms with Gasteiger partial charge in [0.2, 0.25) is 0 Å². The second-order valence-corrected chi connectivity index (χ2v) is 8.95. The van der Waals surface area contributed by atoms with Crippen LogP contribution in [0.4, 0.5) is 5.82 Å². The number of aliphatic hydroxyl groups excluding tert-OH is 1. The van der Waals surface area contributed by atoms with Gasteiger partial charge in [0, 0.05) is 37.9 Å². The summed E-state index contributed by atoms with van der Waals surface area (Å²) in [7, 11) is 0. The Labute approximate surface area is 176 Å². The lowest BCUT2D eigenvalue weighted by Crippen LogP contribution is -2.48. The standard InChI is InChI=1S/C22H29N5O3/c1-14-3-6-27(22(14,2)12-28)19-9-18(20-16(25-19)10-23-21(20)29)26-11-17(24-13-26)15-4-7-30-8-5-15/h9,11,13-15,28H,3-8,10,12H2,1-2H3,(H,23,29)/t14-,22+/m1/s1. The largest absolute Gasteiger partial charge is 0.394 e. The maximum absolute atomic E-state index is 12.6. The lowest BCUT2D eigenvalue weighted by atomic mass is 9.89. The molecule has 3 aliphatic rings. The normalized spacial score (nSPS) is 26.8. The van der Waals surface area contributed by atoms with Crippen LogP contribution in [0.1, 0.15) is 60.8 Å². The van der Waals surface area contributed by atoms with Crippen molar-refractivity contribution in [2.75, 3.05) is 31.3 Å². The maximum atomic E-state index is 12.6. The van der Waals surface area contributed by atoms with Crippen molar-refractivity contribution >= 4 is 11.7 Å². The van der Waals surface area contributed by atoms with Crippen LogP contribution in [-0.4, -0.2) is 57.5 Å². The molecule has 0 radical (unpaired) electrons. The first-order chi connectivity index (χ1) is 14.5. The number of aromatic nitrogens is 3. The number of nitrogens with one attached hydrogen (secondary N) is 1. The van der Waals surface area contributed by atoms with E-state index in [2.05, 4.69) is 29.0 Å². The molecule has 0 aliphatic carbocycles. The van der Waals surface area contributed by atoms with Crippen LogP contribution < -0.4 is 10.2 Å². The summed E-state index contributed by atoms with van der Waals surface area (Å²) in [6.07, 6.45) is 6.78. The van der Waals surface area contributed by atoms with Crippen LogP contribution in [0.15, 0.2) is 18.6 Å². The Morgan fingerprint density at radius 1 is 1.33 bits per heavy atom. The van der Waals surface area contributed by atoms with E-state index in [9.17, 15) is 9.90 Å². The molecule has 0 unspecified atom stereocenters. The molecule has 30 heavy (non-hydrogen) atoms. The zero-order valence-corrected chi connectivity index (χ0v) is 17.6. The minimum Gasteiger partial charge on any atom is -0.394 e. The summed E-state index contributed by atoms with van der Waals surface area (Å²) in [4.78, 5) is 24.3. The SMILES string of the molecule is C[C@@H]1CCN(c2cc(-n3cnc(C4CCOCC4)c3)c3c(n2)CNC3=O)[C@@]1(C)CO. The average molecular weight is 412 g/mol. The third-order valence-electron chi connectivity index (χ3n) is 7.28. The number of nitrogens with zero attached hydrogens (tertiary/aromatic N) is 4. The number of rotatable bonds is 4. The van der Waals surface area contributed by atoms with Crippen molar-refractivity contribution in [1.29, 1.82) is 0 Å². The molecule has 2 fully saturated rings. The molecule has 0 aromatic carbocycles. The summed E-state index contributed by atoms with van der Waals surface area (Å²) >= 11 is 0. The van der Waals surface area contributed by atoms with Crippen molar-refractivity contribution in [1.82, 2.24) is 19.9 Å². The van der Waals surface area contributed by atoms with Crippen LogP contribution >= 0.6 is 0 Å².